The molecule has 2 aromatic heterocycles. The van der Waals surface area contributed by atoms with Crippen molar-refractivity contribution in [1.29, 1.82) is 0 Å². The number of hydrogen-bond donors (Lipinski definition) is 2. The van der Waals surface area contributed by atoms with Crippen LogP contribution in [0.3, 0.4) is 0 Å². The van der Waals surface area contributed by atoms with Gasteiger partial charge in [-0.25, -0.2) is 0 Å². The van der Waals surface area contributed by atoms with Gasteiger partial charge < -0.3 is 15.5 Å². The van der Waals surface area contributed by atoms with Crippen molar-refractivity contribution in [2.75, 3.05) is 5.32 Å². The Morgan fingerprint density at radius 1 is 1.48 bits per heavy atom. The molecular formula is C12H14F2N4O2S. The number of alkyl halides is 2. The molecule has 6 nitrogen and oxygen atoms in total. The third-order valence-electron chi connectivity index (χ3n) is 2.49. The van der Waals surface area contributed by atoms with Gasteiger partial charge in [0.05, 0.1) is 24.2 Å². The normalized spacial score (nSPS) is 11.0. The van der Waals surface area contributed by atoms with Gasteiger partial charge in [0.1, 0.15) is 18.1 Å². The van der Waals surface area contributed by atoms with Gasteiger partial charge in [-0.3, -0.25) is 9.48 Å². The lowest BCUT2D eigenvalue weighted by Crippen LogP contribution is -2.18. The quantitative estimate of drug-likeness (QED) is 0.778. The Morgan fingerprint density at radius 2 is 2.24 bits per heavy atom. The number of carbonyl (C=O) groups is 1. The summed E-state index contributed by atoms with van der Waals surface area (Å²) in [6.07, 6.45) is 3.20. The SMILES string of the molecule is NC(=O)Cn1cc(NCc2ccc(CSC(F)F)o2)cn1. The number of hydrogen-bond acceptors (Lipinski definition) is 5. The molecule has 1 amide bonds. The molecule has 0 atom stereocenters. The number of carbonyl (C=O) groups excluding carboxylic acids is 1. The number of nitrogens with two attached hydrogens (primary N) is 1. The number of anilines is 1. The summed E-state index contributed by atoms with van der Waals surface area (Å²) >= 11 is 0.517. The van der Waals surface area contributed by atoms with Crippen molar-refractivity contribution < 1.29 is 18.0 Å². The average Bonchev–Trinajstić information content (AvgIpc) is 3.02. The number of nitrogens with one attached hydrogen (secondary N) is 1. The molecule has 114 valence electrons. The number of rotatable bonds is 8. The average molecular weight is 316 g/mol. The van der Waals surface area contributed by atoms with Crippen molar-refractivity contribution in [1.82, 2.24) is 9.78 Å². The molecule has 2 aromatic rings. The van der Waals surface area contributed by atoms with Gasteiger partial charge in [0, 0.05) is 6.20 Å². The Balaban J connectivity index is 1.82. The van der Waals surface area contributed by atoms with Crippen LogP contribution < -0.4 is 11.1 Å². The van der Waals surface area contributed by atoms with Crippen LogP contribution in [0, 0.1) is 0 Å². The highest BCUT2D eigenvalue weighted by atomic mass is 32.2. The monoisotopic (exact) mass is 316 g/mol. The summed E-state index contributed by atoms with van der Waals surface area (Å²) < 4.78 is 30.9. The first kappa shape index (κ1) is 15.4. The molecule has 0 spiro atoms. The van der Waals surface area contributed by atoms with Gasteiger partial charge >= 0.3 is 0 Å². The standard InChI is InChI=1S/C12H14F2N4O2S/c13-12(14)21-7-10-2-1-9(20-10)4-16-8-3-17-18(5-8)6-11(15)19/h1-3,5,12,16H,4,6-7H2,(H2,15,19). The van der Waals surface area contributed by atoms with Gasteiger partial charge in [-0.05, 0) is 12.1 Å². The van der Waals surface area contributed by atoms with E-state index in [1.807, 2.05) is 0 Å². The Morgan fingerprint density at radius 3 is 2.95 bits per heavy atom. The Hall–Kier alpha value is -2.03. The predicted molar refractivity (Wildman–Crippen MR) is 74.8 cm³/mol. The highest BCUT2D eigenvalue weighted by Gasteiger charge is 2.08. The highest BCUT2D eigenvalue weighted by Crippen LogP contribution is 2.21. The van der Waals surface area contributed by atoms with E-state index in [1.54, 1.807) is 24.5 Å². The van der Waals surface area contributed by atoms with Crippen molar-refractivity contribution in [2.24, 2.45) is 5.73 Å². The molecule has 21 heavy (non-hydrogen) atoms. The van der Waals surface area contributed by atoms with E-state index >= 15 is 0 Å². The third-order valence-corrected chi connectivity index (χ3v) is 3.19. The minimum absolute atomic E-state index is 0.0113. The number of thioether (sulfide) groups is 1. The van der Waals surface area contributed by atoms with Crippen LogP contribution in [0.15, 0.2) is 28.9 Å². The second-order valence-electron chi connectivity index (χ2n) is 4.19. The van der Waals surface area contributed by atoms with E-state index in [0.717, 1.165) is 0 Å². The summed E-state index contributed by atoms with van der Waals surface area (Å²) in [6.45, 7) is 0.402. The van der Waals surface area contributed by atoms with E-state index in [2.05, 4.69) is 10.4 Å². The van der Waals surface area contributed by atoms with Gasteiger partial charge in [-0.1, -0.05) is 11.8 Å². The number of amides is 1. The fourth-order valence-electron chi connectivity index (χ4n) is 1.63. The summed E-state index contributed by atoms with van der Waals surface area (Å²) in [5.74, 6) is -1.62. The third kappa shape index (κ3) is 5.10. The van der Waals surface area contributed by atoms with Crippen LogP contribution in [0.5, 0.6) is 0 Å². The van der Waals surface area contributed by atoms with Crippen LogP contribution in [-0.2, 0) is 23.6 Å². The lowest BCUT2D eigenvalue weighted by Gasteiger charge is -2.00. The maximum atomic E-state index is 12.1. The molecule has 0 fully saturated rings. The molecule has 2 rings (SSSR count). The molecule has 0 aliphatic carbocycles. The maximum Gasteiger partial charge on any atom is 0.284 e. The first-order valence-corrected chi connectivity index (χ1v) is 7.10. The molecule has 3 N–H and O–H groups in total. The zero-order chi connectivity index (χ0) is 15.2. The van der Waals surface area contributed by atoms with Crippen LogP contribution >= 0.6 is 11.8 Å². The number of halogens is 2. The number of nitrogens with zero attached hydrogens (tertiary/aromatic N) is 2. The molecule has 0 unspecified atom stereocenters. The lowest BCUT2D eigenvalue weighted by molar-refractivity contribution is -0.118. The molecule has 0 saturated heterocycles. The van der Waals surface area contributed by atoms with E-state index in [0.29, 0.717) is 35.5 Å². The molecule has 0 aliphatic rings. The van der Waals surface area contributed by atoms with Gasteiger partial charge in [-0.2, -0.15) is 13.9 Å². The molecule has 0 saturated carbocycles. The molecule has 0 radical (unpaired) electrons. The Bertz CT molecular complexity index is 600. The highest BCUT2D eigenvalue weighted by molar-refractivity contribution is 7.98. The van der Waals surface area contributed by atoms with Crippen LogP contribution in [0.2, 0.25) is 0 Å². The van der Waals surface area contributed by atoms with Crippen LogP contribution in [-0.4, -0.2) is 21.4 Å². The summed E-state index contributed by atoms with van der Waals surface area (Å²) in [7, 11) is 0. The van der Waals surface area contributed by atoms with Crippen molar-refractivity contribution in [3.8, 4) is 0 Å². The molecule has 2 heterocycles. The number of primary amides is 1. The fraction of sp³-hybridized carbons (Fsp3) is 0.333. The molecular weight excluding hydrogens is 302 g/mol. The number of aromatic nitrogens is 2. The van der Waals surface area contributed by atoms with E-state index in [4.69, 9.17) is 10.2 Å². The van der Waals surface area contributed by atoms with E-state index in [1.165, 1.54) is 4.68 Å². The molecule has 0 aromatic carbocycles. The van der Waals surface area contributed by atoms with Gasteiger partial charge in [0.15, 0.2) is 0 Å². The summed E-state index contributed by atoms with van der Waals surface area (Å²) in [5.41, 5.74) is 5.77. The largest absolute Gasteiger partial charge is 0.463 e. The van der Waals surface area contributed by atoms with E-state index in [9.17, 15) is 13.6 Å². The molecule has 9 heteroatoms. The van der Waals surface area contributed by atoms with E-state index < -0.39 is 11.7 Å². The predicted octanol–water partition coefficient (Wildman–Crippen LogP) is 2.03. The smallest absolute Gasteiger partial charge is 0.284 e. The van der Waals surface area contributed by atoms with Crippen LogP contribution in [0.4, 0.5) is 14.5 Å². The minimum Gasteiger partial charge on any atom is -0.463 e. The summed E-state index contributed by atoms with van der Waals surface area (Å²) in [5, 5.41) is 7.01. The summed E-state index contributed by atoms with van der Waals surface area (Å²) in [6, 6.07) is 3.39. The van der Waals surface area contributed by atoms with Crippen molar-refractivity contribution >= 4 is 23.4 Å². The van der Waals surface area contributed by atoms with Crippen molar-refractivity contribution in [2.45, 2.75) is 24.6 Å². The minimum atomic E-state index is -2.41. The Labute approximate surface area is 123 Å². The van der Waals surface area contributed by atoms with Gasteiger partial charge in [-0.15, -0.1) is 0 Å². The second kappa shape index (κ2) is 7.11. The first-order valence-electron chi connectivity index (χ1n) is 6.05. The van der Waals surface area contributed by atoms with Gasteiger partial charge in [0.2, 0.25) is 5.91 Å². The second-order valence-corrected chi connectivity index (χ2v) is 5.16. The summed E-state index contributed by atoms with van der Waals surface area (Å²) in [4.78, 5) is 10.7. The molecule has 0 bridgehead atoms. The Kier molecular flexibility index (Phi) is 5.20. The van der Waals surface area contributed by atoms with Crippen LogP contribution in [0.1, 0.15) is 11.5 Å². The zero-order valence-corrected chi connectivity index (χ0v) is 11.8. The topological polar surface area (TPSA) is 86.1 Å². The van der Waals surface area contributed by atoms with Crippen molar-refractivity contribution in [3.05, 3.63) is 36.0 Å². The van der Waals surface area contributed by atoms with Crippen molar-refractivity contribution in [3.63, 3.8) is 0 Å². The fourth-order valence-corrected chi connectivity index (χ4v) is 2.08. The first-order chi connectivity index (χ1) is 10.0. The maximum absolute atomic E-state index is 12.1. The molecule has 0 aliphatic heterocycles. The van der Waals surface area contributed by atoms with E-state index in [-0.39, 0.29) is 12.3 Å². The van der Waals surface area contributed by atoms with Crippen LogP contribution in [0.25, 0.3) is 0 Å². The zero-order valence-electron chi connectivity index (χ0n) is 11.0. The number of furan rings is 1. The lowest BCUT2D eigenvalue weighted by atomic mass is 10.4. The van der Waals surface area contributed by atoms with Gasteiger partial charge in [0.25, 0.3) is 5.76 Å².